The van der Waals surface area contributed by atoms with Crippen LogP contribution in [0.2, 0.25) is 0 Å². The van der Waals surface area contributed by atoms with Gasteiger partial charge in [0, 0.05) is 23.8 Å². The van der Waals surface area contributed by atoms with Crippen LogP contribution in [0.1, 0.15) is 57.3 Å². The maximum Gasteiger partial charge on any atom is 0.251 e. The van der Waals surface area contributed by atoms with Gasteiger partial charge in [-0.15, -0.1) is 0 Å². The van der Waals surface area contributed by atoms with Crippen molar-refractivity contribution in [3.8, 4) is 0 Å². The van der Waals surface area contributed by atoms with Crippen molar-refractivity contribution in [3.05, 3.63) is 23.9 Å². The zero-order valence-corrected chi connectivity index (χ0v) is 12.4. The Hall–Kier alpha value is -1.58. The molecule has 106 valence electrons. The highest BCUT2D eigenvalue weighted by molar-refractivity contribution is 5.94. The van der Waals surface area contributed by atoms with Crippen molar-refractivity contribution >= 4 is 11.7 Å². The van der Waals surface area contributed by atoms with Gasteiger partial charge in [0.2, 0.25) is 0 Å². The average molecular weight is 263 g/mol. The number of hydrogen-bond donors (Lipinski definition) is 2. The van der Waals surface area contributed by atoms with Gasteiger partial charge in [-0.25, -0.2) is 4.98 Å². The van der Waals surface area contributed by atoms with E-state index in [9.17, 15) is 4.79 Å². The van der Waals surface area contributed by atoms with E-state index in [0.717, 1.165) is 31.6 Å². The van der Waals surface area contributed by atoms with Crippen LogP contribution >= 0.6 is 0 Å². The van der Waals surface area contributed by atoms with Crippen LogP contribution in [0.5, 0.6) is 0 Å². The molecule has 0 aliphatic carbocycles. The van der Waals surface area contributed by atoms with Crippen molar-refractivity contribution in [2.45, 2.75) is 52.5 Å². The lowest BCUT2D eigenvalue weighted by Gasteiger charge is -2.21. The highest BCUT2D eigenvalue weighted by Gasteiger charge is 2.12. The molecule has 0 saturated carbocycles. The van der Waals surface area contributed by atoms with Crippen LogP contribution in [0.4, 0.5) is 5.82 Å². The number of amides is 1. The second-order valence-corrected chi connectivity index (χ2v) is 5.77. The summed E-state index contributed by atoms with van der Waals surface area (Å²) in [6.45, 7) is 9.07. The lowest BCUT2D eigenvalue weighted by Crippen LogP contribution is -2.28. The van der Waals surface area contributed by atoms with E-state index in [1.807, 2.05) is 0 Å². The Morgan fingerprint density at radius 1 is 1.32 bits per heavy atom. The van der Waals surface area contributed by atoms with Gasteiger partial charge in [-0.2, -0.15) is 0 Å². The maximum absolute atomic E-state index is 12.0. The van der Waals surface area contributed by atoms with Crippen LogP contribution in [0.15, 0.2) is 18.3 Å². The predicted molar refractivity (Wildman–Crippen MR) is 79.5 cm³/mol. The van der Waals surface area contributed by atoms with Crippen LogP contribution in [0.25, 0.3) is 0 Å². The Balaban J connectivity index is 2.58. The number of anilines is 1. The Morgan fingerprint density at radius 3 is 2.68 bits per heavy atom. The molecule has 0 aliphatic heterocycles. The molecule has 0 aliphatic rings. The third kappa shape index (κ3) is 6.22. The lowest BCUT2D eigenvalue weighted by molar-refractivity contribution is 0.0953. The normalized spacial score (nSPS) is 11.2. The number of hydrogen-bond acceptors (Lipinski definition) is 3. The van der Waals surface area contributed by atoms with Crippen molar-refractivity contribution in [3.63, 3.8) is 0 Å². The molecule has 1 aromatic rings. The molecule has 0 aromatic carbocycles. The smallest absolute Gasteiger partial charge is 0.251 e. The highest BCUT2D eigenvalue weighted by Crippen LogP contribution is 2.13. The van der Waals surface area contributed by atoms with Crippen molar-refractivity contribution in [2.24, 2.45) is 0 Å². The fourth-order valence-electron chi connectivity index (χ4n) is 1.70. The SMILES string of the molecule is CCCCCNC(=O)c1ccnc(NC(C)(C)C)c1. The number of unbranched alkanes of at least 4 members (excludes halogenated alkanes) is 2. The Labute approximate surface area is 116 Å². The van der Waals surface area contributed by atoms with E-state index < -0.39 is 0 Å². The fraction of sp³-hybridized carbons (Fsp3) is 0.600. The minimum absolute atomic E-state index is 0.0320. The summed E-state index contributed by atoms with van der Waals surface area (Å²) in [5.74, 6) is 0.698. The van der Waals surface area contributed by atoms with Gasteiger partial charge in [0.15, 0.2) is 0 Å². The Bertz CT molecular complexity index is 410. The van der Waals surface area contributed by atoms with Gasteiger partial charge >= 0.3 is 0 Å². The summed E-state index contributed by atoms with van der Waals surface area (Å²) in [6.07, 6.45) is 4.99. The van der Waals surface area contributed by atoms with Crippen LogP contribution in [-0.4, -0.2) is 23.0 Å². The number of carbonyl (C=O) groups excluding carboxylic acids is 1. The molecule has 1 heterocycles. The molecule has 0 spiro atoms. The number of nitrogens with one attached hydrogen (secondary N) is 2. The Kier molecular flexibility index (Phi) is 5.80. The highest BCUT2D eigenvalue weighted by atomic mass is 16.1. The fourth-order valence-corrected chi connectivity index (χ4v) is 1.70. The summed E-state index contributed by atoms with van der Waals surface area (Å²) in [6, 6.07) is 3.53. The summed E-state index contributed by atoms with van der Waals surface area (Å²) < 4.78 is 0. The number of nitrogens with zero attached hydrogens (tertiary/aromatic N) is 1. The molecule has 0 unspecified atom stereocenters. The minimum Gasteiger partial charge on any atom is -0.365 e. The first kappa shape index (κ1) is 15.5. The van der Waals surface area contributed by atoms with E-state index in [0.29, 0.717) is 5.56 Å². The summed E-state index contributed by atoms with van der Waals surface area (Å²) in [5.41, 5.74) is 0.585. The van der Waals surface area contributed by atoms with Crippen LogP contribution < -0.4 is 10.6 Å². The molecule has 4 heteroatoms. The minimum atomic E-state index is -0.0662. The number of pyridine rings is 1. The topological polar surface area (TPSA) is 54.0 Å². The lowest BCUT2D eigenvalue weighted by atomic mass is 10.1. The second kappa shape index (κ2) is 7.12. The van der Waals surface area contributed by atoms with Gasteiger partial charge in [0.25, 0.3) is 5.91 Å². The van der Waals surface area contributed by atoms with Crippen molar-refractivity contribution < 1.29 is 4.79 Å². The quantitative estimate of drug-likeness (QED) is 0.775. The van der Waals surface area contributed by atoms with E-state index in [1.165, 1.54) is 0 Å². The molecular formula is C15H25N3O. The van der Waals surface area contributed by atoms with Gasteiger partial charge < -0.3 is 10.6 Å². The van der Waals surface area contributed by atoms with E-state index in [1.54, 1.807) is 18.3 Å². The predicted octanol–water partition coefficient (Wildman–Crippen LogP) is 3.21. The second-order valence-electron chi connectivity index (χ2n) is 5.77. The molecule has 0 fully saturated rings. The van der Waals surface area contributed by atoms with Crippen LogP contribution in [0.3, 0.4) is 0 Å². The van der Waals surface area contributed by atoms with Gasteiger partial charge in [-0.3, -0.25) is 4.79 Å². The zero-order chi connectivity index (χ0) is 14.3. The van der Waals surface area contributed by atoms with Crippen molar-refractivity contribution in [1.29, 1.82) is 0 Å². The first-order valence-corrected chi connectivity index (χ1v) is 6.95. The standard InChI is InChI=1S/C15H25N3O/c1-5-6-7-9-17-14(19)12-8-10-16-13(11-12)18-15(2,3)4/h8,10-11H,5-7,9H2,1-4H3,(H,16,18)(H,17,19). The van der Waals surface area contributed by atoms with Crippen LogP contribution in [-0.2, 0) is 0 Å². The third-order valence-electron chi connectivity index (χ3n) is 2.59. The largest absolute Gasteiger partial charge is 0.365 e. The number of carbonyl (C=O) groups is 1. The molecule has 1 aromatic heterocycles. The molecular weight excluding hydrogens is 238 g/mol. The summed E-state index contributed by atoms with van der Waals surface area (Å²) in [5, 5.41) is 6.19. The van der Waals surface area contributed by atoms with E-state index in [4.69, 9.17) is 0 Å². The van der Waals surface area contributed by atoms with E-state index in [-0.39, 0.29) is 11.4 Å². The van der Waals surface area contributed by atoms with Gasteiger partial charge in [0.1, 0.15) is 5.82 Å². The monoisotopic (exact) mass is 263 g/mol. The molecule has 0 saturated heterocycles. The number of rotatable bonds is 6. The van der Waals surface area contributed by atoms with Crippen molar-refractivity contribution in [2.75, 3.05) is 11.9 Å². The van der Waals surface area contributed by atoms with Crippen molar-refractivity contribution in [1.82, 2.24) is 10.3 Å². The van der Waals surface area contributed by atoms with Gasteiger partial charge in [0.05, 0.1) is 0 Å². The molecule has 1 amide bonds. The molecule has 4 nitrogen and oxygen atoms in total. The number of aromatic nitrogens is 1. The summed E-state index contributed by atoms with van der Waals surface area (Å²) in [4.78, 5) is 16.2. The van der Waals surface area contributed by atoms with E-state index >= 15 is 0 Å². The molecule has 0 bridgehead atoms. The molecule has 1 rings (SSSR count). The summed E-state index contributed by atoms with van der Waals surface area (Å²) >= 11 is 0. The zero-order valence-electron chi connectivity index (χ0n) is 12.4. The maximum atomic E-state index is 12.0. The summed E-state index contributed by atoms with van der Waals surface area (Å²) in [7, 11) is 0. The van der Waals surface area contributed by atoms with Gasteiger partial charge in [-0.05, 0) is 39.3 Å². The van der Waals surface area contributed by atoms with E-state index in [2.05, 4.69) is 43.3 Å². The van der Waals surface area contributed by atoms with Gasteiger partial charge in [-0.1, -0.05) is 19.8 Å². The first-order valence-electron chi connectivity index (χ1n) is 6.95. The molecule has 0 atom stereocenters. The first-order chi connectivity index (χ1) is 8.92. The van der Waals surface area contributed by atoms with Crippen LogP contribution in [0, 0.1) is 0 Å². The Morgan fingerprint density at radius 2 is 2.05 bits per heavy atom. The average Bonchev–Trinajstić information content (AvgIpc) is 2.32. The molecule has 19 heavy (non-hydrogen) atoms. The third-order valence-corrected chi connectivity index (χ3v) is 2.59. The molecule has 2 N–H and O–H groups in total. The molecule has 0 radical (unpaired) electrons.